The standard InChI is InChI=1S/C6H8N2O2S/c1-11-5-4(6(9)10)3(7)2-8-5/h2,8H,7H2,1H3,(H,9,10). The fourth-order valence-electron chi connectivity index (χ4n) is 0.800. The second-order valence-corrected chi connectivity index (χ2v) is 2.77. The Bertz CT molecular complexity index is 282. The second-order valence-electron chi connectivity index (χ2n) is 1.96. The summed E-state index contributed by atoms with van der Waals surface area (Å²) in [6.45, 7) is 0. The highest BCUT2D eigenvalue weighted by molar-refractivity contribution is 7.98. The summed E-state index contributed by atoms with van der Waals surface area (Å²) in [7, 11) is 0. The predicted octanol–water partition coefficient (Wildman–Crippen LogP) is 1.02. The van der Waals surface area contributed by atoms with Crippen molar-refractivity contribution in [2.45, 2.75) is 5.03 Å². The van der Waals surface area contributed by atoms with Crippen molar-refractivity contribution in [1.29, 1.82) is 0 Å². The summed E-state index contributed by atoms with van der Waals surface area (Å²) in [6, 6.07) is 0. The molecule has 4 nitrogen and oxygen atoms in total. The molecular weight excluding hydrogens is 164 g/mol. The zero-order valence-corrected chi connectivity index (χ0v) is 6.73. The number of anilines is 1. The van der Waals surface area contributed by atoms with E-state index in [9.17, 15) is 4.79 Å². The maximum absolute atomic E-state index is 10.5. The molecule has 0 bridgehead atoms. The largest absolute Gasteiger partial charge is 0.478 e. The number of aromatic amines is 1. The molecule has 0 radical (unpaired) electrons. The first-order valence-corrected chi connectivity index (χ1v) is 4.13. The van der Waals surface area contributed by atoms with E-state index in [1.807, 2.05) is 0 Å². The maximum atomic E-state index is 10.5. The third-order valence-corrected chi connectivity index (χ3v) is 2.02. The average Bonchev–Trinajstić information content (AvgIpc) is 2.30. The van der Waals surface area contributed by atoms with E-state index in [-0.39, 0.29) is 11.3 Å². The molecule has 11 heavy (non-hydrogen) atoms. The zero-order chi connectivity index (χ0) is 8.43. The lowest BCUT2D eigenvalue weighted by atomic mass is 10.3. The minimum absolute atomic E-state index is 0.164. The van der Waals surface area contributed by atoms with Crippen LogP contribution in [0, 0.1) is 0 Å². The van der Waals surface area contributed by atoms with Gasteiger partial charge in [0.25, 0.3) is 0 Å². The second kappa shape index (κ2) is 2.87. The average molecular weight is 172 g/mol. The molecule has 0 aromatic carbocycles. The Kier molecular flexibility index (Phi) is 2.09. The van der Waals surface area contributed by atoms with Crippen LogP contribution in [0.5, 0.6) is 0 Å². The van der Waals surface area contributed by atoms with Crippen molar-refractivity contribution in [3.05, 3.63) is 11.8 Å². The molecule has 0 spiro atoms. The highest BCUT2D eigenvalue weighted by Crippen LogP contribution is 2.23. The van der Waals surface area contributed by atoms with E-state index in [1.54, 1.807) is 6.26 Å². The van der Waals surface area contributed by atoms with Crippen LogP contribution >= 0.6 is 11.8 Å². The summed E-state index contributed by atoms with van der Waals surface area (Å²) < 4.78 is 0. The van der Waals surface area contributed by atoms with E-state index in [1.165, 1.54) is 18.0 Å². The Labute approximate surface area is 67.8 Å². The number of thioether (sulfide) groups is 1. The Morgan fingerprint density at radius 2 is 2.45 bits per heavy atom. The molecule has 5 heteroatoms. The number of carbonyl (C=O) groups is 1. The molecule has 60 valence electrons. The number of carboxylic acids is 1. The van der Waals surface area contributed by atoms with Crippen LogP contribution in [0.4, 0.5) is 5.69 Å². The summed E-state index contributed by atoms with van der Waals surface area (Å²) in [5.41, 5.74) is 5.84. The summed E-state index contributed by atoms with van der Waals surface area (Å²) in [5, 5.41) is 9.25. The smallest absolute Gasteiger partial charge is 0.340 e. The molecule has 0 unspecified atom stereocenters. The number of nitrogen functional groups attached to an aromatic ring is 1. The van der Waals surface area contributed by atoms with E-state index in [2.05, 4.69) is 4.98 Å². The van der Waals surface area contributed by atoms with Gasteiger partial charge in [0.2, 0.25) is 0 Å². The summed E-state index contributed by atoms with van der Waals surface area (Å²) in [5.74, 6) is -0.992. The minimum Gasteiger partial charge on any atom is -0.478 e. The fourth-order valence-corrected chi connectivity index (χ4v) is 1.39. The first-order valence-electron chi connectivity index (χ1n) is 2.91. The zero-order valence-electron chi connectivity index (χ0n) is 5.92. The van der Waals surface area contributed by atoms with E-state index in [0.717, 1.165) is 0 Å². The van der Waals surface area contributed by atoms with Crippen LogP contribution in [0.3, 0.4) is 0 Å². The van der Waals surface area contributed by atoms with Gasteiger partial charge < -0.3 is 15.8 Å². The Morgan fingerprint density at radius 3 is 2.82 bits per heavy atom. The SMILES string of the molecule is CSc1[nH]cc(N)c1C(=O)O. The molecule has 0 fully saturated rings. The molecule has 1 heterocycles. The van der Waals surface area contributed by atoms with E-state index in [4.69, 9.17) is 10.8 Å². The van der Waals surface area contributed by atoms with Crippen molar-refractivity contribution in [2.24, 2.45) is 0 Å². The van der Waals surface area contributed by atoms with Crippen LogP contribution in [0.25, 0.3) is 0 Å². The molecule has 0 saturated carbocycles. The minimum atomic E-state index is -0.992. The highest BCUT2D eigenvalue weighted by Gasteiger charge is 2.14. The van der Waals surface area contributed by atoms with Crippen LogP contribution in [0.15, 0.2) is 11.2 Å². The lowest BCUT2D eigenvalue weighted by Crippen LogP contribution is -2.00. The van der Waals surface area contributed by atoms with Crippen LogP contribution in [-0.4, -0.2) is 22.3 Å². The molecule has 1 aromatic rings. The Morgan fingerprint density at radius 1 is 1.82 bits per heavy atom. The number of nitrogens with one attached hydrogen (secondary N) is 1. The molecule has 0 aliphatic carbocycles. The summed E-state index contributed by atoms with van der Waals surface area (Å²) in [6.07, 6.45) is 3.27. The van der Waals surface area contributed by atoms with Crippen LogP contribution in [0.2, 0.25) is 0 Å². The molecule has 1 aromatic heterocycles. The maximum Gasteiger partial charge on any atom is 0.340 e. The topological polar surface area (TPSA) is 79.1 Å². The van der Waals surface area contributed by atoms with Gasteiger partial charge in [0.1, 0.15) is 5.56 Å². The van der Waals surface area contributed by atoms with Crippen LogP contribution in [-0.2, 0) is 0 Å². The molecule has 4 N–H and O–H groups in total. The molecule has 0 aliphatic heterocycles. The fraction of sp³-hybridized carbons (Fsp3) is 0.167. The van der Waals surface area contributed by atoms with Crippen molar-refractivity contribution >= 4 is 23.4 Å². The quantitative estimate of drug-likeness (QED) is 0.582. The van der Waals surface area contributed by atoms with E-state index in [0.29, 0.717) is 5.03 Å². The van der Waals surface area contributed by atoms with Crippen molar-refractivity contribution in [2.75, 3.05) is 12.0 Å². The van der Waals surface area contributed by atoms with Crippen molar-refractivity contribution in [3.63, 3.8) is 0 Å². The molecule has 0 amide bonds. The number of nitrogens with two attached hydrogens (primary N) is 1. The van der Waals surface area contributed by atoms with Gasteiger partial charge in [0.15, 0.2) is 0 Å². The van der Waals surface area contributed by atoms with Crippen LogP contribution in [0.1, 0.15) is 10.4 Å². The number of H-pyrrole nitrogens is 1. The lowest BCUT2D eigenvalue weighted by Gasteiger charge is -1.94. The van der Waals surface area contributed by atoms with Gasteiger partial charge in [-0.1, -0.05) is 0 Å². The van der Waals surface area contributed by atoms with Gasteiger partial charge in [-0.15, -0.1) is 11.8 Å². The number of rotatable bonds is 2. The number of aromatic nitrogens is 1. The van der Waals surface area contributed by atoms with Gasteiger partial charge in [0, 0.05) is 6.20 Å². The van der Waals surface area contributed by atoms with E-state index < -0.39 is 5.97 Å². The van der Waals surface area contributed by atoms with Gasteiger partial charge in [-0.3, -0.25) is 0 Å². The first kappa shape index (κ1) is 8.00. The van der Waals surface area contributed by atoms with E-state index >= 15 is 0 Å². The number of carboxylic acid groups (broad SMARTS) is 1. The number of hydrogen-bond donors (Lipinski definition) is 3. The summed E-state index contributed by atoms with van der Waals surface area (Å²) in [4.78, 5) is 13.3. The molecule has 1 rings (SSSR count). The van der Waals surface area contributed by atoms with Gasteiger partial charge in [0.05, 0.1) is 10.7 Å². The Balaban J connectivity index is 3.17. The van der Waals surface area contributed by atoms with Gasteiger partial charge >= 0.3 is 5.97 Å². The highest BCUT2D eigenvalue weighted by atomic mass is 32.2. The van der Waals surface area contributed by atoms with Crippen molar-refractivity contribution in [1.82, 2.24) is 4.98 Å². The van der Waals surface area contributed by atoms with Gasteiger partial charge in [-0.25, -0.2) is 4.79 Å². The normalized spacial score (nSPS) is 9.91. The lowest BCUT2D eigenvalue weighted by molar-refractivity contribution is 0.0694. The summed E-state index contributed by atoms with van der Waals surface area (Å²) >= 11 is 1.33. The van der Waals surface area contributed by atoms with Crippen molar-refractivity contribution < 1.29 is 9.90 Å². The third kappa shape index (κ3) is 1.32. The number of hydrogen-bond acceptors (Lipinski definition) is 3. The van der Waals surface area contributed by atoms with Gasteiger partial charge in [-0.05, 0) is 6.26 Å². The monoisotopic (exact) mass is 172 g/mol. The third-order valence-electron chi connectivity index (χ3n) is 1.29. The molecule has 0 aliphatic rings. The molecular formula is C6H8N2O2S. The molecule has 0 atom stereocenters. The van der Waals surface area contributed by atoms with Gasteiger partial charge in [-0.2, -0.15) is 0 Å². The first-order chi connectivity index (χ1) is 5.16. The predicted molar refractivity (Wildman–Crippen MR) is 43.9 cm³/mol. The Hall–Kier alpha value is -1.10. The number of aromatic carboxylic acids is 1. The van der Waals surface area contributed by atoms with Crippen LogP contribution < -0.4 is 5.73 Å². The van der Waals surface area contributed by atoms with Crippen molar-refractivity contribution in [3.8, 4) is 0 Å². The molecule has 0 saturated heterocycles.